The minimum absolute atomic E-state index is 0.158. The van der Waals surface area contributed by atoms with Crippen LogP contribution in [0.5, 0.6) is 0 Å². The standard InChI is InChI=1S/C6H11IN2O2/c7-1-2-8-3-5-4-11-6(10)9-5/h5,8H,1-4H2,(H,9,10). The van der Waals surface area contributed by atoms with Crippen LogP contribution in [0.3, 0.4) is 0 Å². The van der Waals surface area contributed by atoms with Crippen LogP contribution in [0.15, 0.2) is 0 Å². The van der Waals surface area contributed by atoms with Crippen LogP contribution in [0.25, 0.3) is 0 Å². The first-order chi connectivity index (χ1) is 5.33. The van der Waals surface area contributed by atoms with Gasteiger partial charge in [0.1, 0.15) is 6.61 Å². The Bertz CT molecular complexity index is 143. The molecule has 1 rings (SSSR count). The van der Waals surface area contributed by atoms with Gasteiger partial charge in [-0.15, -0.1) is 0 Å². The smallest absolute Gasteiger partial charge is 0.407 e. The molecule has 1 saturated heterocycles. The zero-order valence-electron chi connectivity index (χ0n) is 6.10. The number of carbonyl (C=O) groups is 1. The molecule has 4 nitrogen and oxygen atoms in total. The molecule has 5 heteroatoms. The highest BCUT2D eigenvalue weighted by molar-refractivity contribution is 14.1. The zero-order chi connectivity index (χ0) is 8.10. The Kier molecular flexibility index (Phi) is 3.92. The van der Waals surface area contributed by atoms with Gasteiger partial charge in [0.2, 0.25) is 0 Å². The quantitative estimate of drug-likeness (QED) is 0.433. The third kappa shape index (κ3) is 3.24. The van der Waals surface area contributed by atoms with Crippen LogP contribution in [0.2, 0.25) is 0 Å². The molecule has 64 valence electrons. The molecular formula is C6H11IN2O2. The first-order valence-corrected chi connectivity index (χ1v) is 5.05. The summed E-state index contributed by atoms with van der Waals surface area (Å²) in [7, 11) is 0. The second-order valence-corrected chi connectivity index (χ2v) is 3.41. The van der Waals surface area contributed by atoms with Gasteiger partial charge in [-0.3, -0.25) is 0 Å². The third-order valence-electron chi connectivity index (χ3n) is 1.40. The van der Waals surface area contributed by atoms with Gasteiger partial charge in [0.15, 0.2) is 0 Å². The summed E-state index contributed by atoms with van der Waals surface area (Å²) in [5.41, 5.74) is 0. The van der Waals surface area contributed by atoms with Crippen LogP contribution in [0.1, 0.15) is 0 Å². The van der Waals surface area contributed by atoms with E-state index >= 15 is 0 Å². The van der Waals surface area contributed by atoms with Gasteiger partial charge in [-0.2, -0.15) is 0 Å². The van der Waals surface area contributed by atoms with Crippen molar-refractivity contribution in [3.63, 3.8) is 0 Å². The van der Waals surface area contributed by atoms with Crippen molar-refractivity contribution in [2.45, 2.75) is 6.04 Å². The highest BCUT2D eigenvalue weighted by Crippen LogP contribution is 1.95. The lowest BCUT2D eigenvalue weighted by molar-refractivity contribution is 0.176. The summed E-state index contributed by atoms with van der Waals surface area (Å²) in [6.07, 6.45) is -0.300. The Morgan fingerprint density at radius 1 is 1.82 bits per heavy atom. The van der Waals surface area contributed by atoms with Crippen LogP contribution in [-0.4, -0.2) is 36.3 Å². The normalized spacial score (nSPS) is 23.0. The van der Waals surface area contributed by atoms with Crippen molar-refractivity contribution in [1.29, 1.82) is 0 Å². The second-order valence-electron chi connectivity index (χ2n) is 2.33. The Morgan fingerprint density at radius 2 is 2.64 bits per heavy atom. The summed E-state index contributed by atoms with van der Waals surface area (Å²) < 4.78 is 5.79. The van der Waals surface area contributed by atoms with Crippen LogP contribution in [0, 0.1) is 0 Å². The SMILES string of the molecule is O=C1NC(CNCCI)CO1. The van der Waals surface area contributed by atoms with Gasteiger partial charge in [0.25, 0.3) is 0 Å². The molecule has 1 atom stereocenters. The molecule has 0 aromatic heterocycles. The molecule has 1 unspecified atom stereocenters. The topological polar surface area (TPSA) is 50.4 Å². The summed E-state index contributed by atoms with van der Waals surface area (Å²) in [5.74, 6) is 0. The fourth-order valence-corrected chi connectivity index (χ4v) is 1.26. The van der Waals surface area contributed by atoms with Gasteiger partial charge in [-0.1, -0.05) is 22.6 Å². The van der Waals surface area contributed by atoms with Crippen LogP contribution >= 0.6 is 22.6 Å². The molecule has 1 fully saturated rings. The number of carbonyl (C=O) groups excluding carboxylic acids is 1. The lowest BCUT2D eigenvalue weighted by atomic mass is 10.3. The Labute approximate surface area is 79.2 Å². The summed E-state index contributed by atoms with van der Waals surface area (Å²) in [6.45, 7) is 2.27. The Hall–Kier alpha value is -0.0400. The molecule has 1 aliphatic rings. The molecule has 1 aliphatic heterocycles. The van der Waals surface area contributed by atoms with Crippen LogP contribution < -0.4 is 10.6 Å². The number of cyclic esters (lactones) is 1. The van der Waals surface area contributed by atoms with E-state index in [-0.39, 0.29) is 12.1 Å². The van der Waals surface area contributed by atoms with E-state index in [0.29, 0.717) is 6.61 Å². The second kappa shape index (κ2) is 4.76. The number of alkyl carbamates (subject to hydrolysis) is 1. The first-order valence-electron chi connectivity index (χ1n) is 3.53. The third-order valence-corrected chi connectivity index (χ3v) is 1.94. The molecule has 1 amide bonds. The number of nitrogens with one attached hydrogen (secondary N) is 2. The molecule has 0 aromatic rings. The maximum Gasteiger partial charge on any atom is 0.407 e. The predicted molar refractivity (Wildman–Crippen MR) is 50.0 cm³/mol. The van der Waals surface area contributed by atoms with E-state index in [4.69, 9.17) is 4.74 Å². The zero-order valence-corrected chi connectivity index (χ0v) is 8.26. The van der Waals surface area contributed by atoms with Gasteiger partial charge >= 0.3 is 6.09 Å². The van der Waals surface area contributed by atoms with E-state index in [1.807, 2.05) is 0 Å². The van der Waals surface area contributed by atoms with E-state index in [9.17, 15) is 4.79 Å². The number of ether oxygens (including phenoxy) is 1. The van der Waals surface area contributed by atoms with Crippen LogP contribution in [0.4, 0.5) is 4.79 Å². The fourth-order valence-electron chi connectivity index (χ4n) is 0.879. The van der Waals surface area contributed by atoms with Crippen LogP contribution in [-0.2, 0) is 4.74 Å². The lowest BCUT2D eigenvalue weighted by Gasteiger charge is -2.06. The predicted octanol–water partition coefficient (Wildman–Crippen LogP) is 0.119. The Morgan fingerprint density at radius 3 is 3.18 bits per heavy atom. The highest BCUT2D eigenvalue weighted by atomic mass is 127. The largest absolute Gasteiger partial charge is 0.447 e. The number of halogens is 1. The van der Waals surface area contributed by atoms with Gasteiger partial charge in [0, 0.05) is 17.5 Å². The van der Waals surface area contributed by atoms with Gasteiger partial charge < -0.3 is 15.4 Å². The summed E-state index contributed by atoms with van der Waals surface area (Å²) in [4.78, 5) is 10.5. The summed E-state index contributed by atoms with van der Waals surface area (Å²) in [5, 5.41) is 5.88. The average Bonchev–Trinajstić information content (AvgIpc) is 2.37. The van der Waals surface area contributed by atoms with Gasteiger partial charge in [-0.25, -0.2) is 4.79 Å². The minimum atomic E-state index is -0.300. The molecule has 0 spiro atoms. The monoisotopic (exact) mass is 270 g/mol. The van der Waals surface area contributed by atoms with E-state index in [1.54, 1.807) is 0 Å². The number of hydrogen-bond acceptors (Lipinski definition) is 3. The average molecular weight is 270 g/mol. The number of alkyl halides is 1. The van der Waals surface area contributed by atoms with Crippen molar-refractivity contribution in [3.05, 3.63) is 0 Å². The van der Waals surface area contributed by atoms with E-state index in [2.05, 4.69) is 33.2 Å². The first kappa shape index (κ1) is 9.05. The van der Waals surface area contributed by atoms with E-state index in [1.165, 1.54) is 0 Å². The van der Waals surface area contributed by atoms with E-state index in [0.717, 1.165) is 17.5 Å². The number of hydrogen-bond donors (Lipinski definition) is 2. The highest BCUT2D eigenvalue weighted by Gasteiger charge is 2.20. The van der Waals surface area contributed by atoms with Crippen molar-refractivity contribution in [3.8, 4) is 0 Å². The number of rotatable bonds is 4. The molecule has 0 bridgehead atoms. The molecule has 0 aliphatic carbocycles. The molecular weight excluding hydrogens is 259 g/mol. The lowest BCUT2D eigenvalue weighted by Crippen LogP contribution is -2.37. The Balaban J connectivity index is 2.04. The fraction of sp³-hybridized carbons (Fsp3) is 0.833. The van der Waals surface area contributed by atoms with Crippen molar-refractivity contribution in [1.82, 2.24) is 10.6 Å². The summed E-state index contributed by atoms with van der Waals surface area (Å²) >= 11 is 2.30. The van der Waals surface area contributed by atoms with Crippen molar-refractivity contribution in [2.75, 3.05) is 24.1 Å². The molecule has 0 radical (unpaired) electrons. The van der Waals surface area contributed by atoms with Gasteiger partial charge in [-0.05, 0) is 0 Å². The summed E-state index contributed by atoms with van der Waals surface area (Å²) in [6, 6.07) is 0.158. The maximum absolute atomic E-state index is 10.5. The minimum Gasteiger partial charge on any atom is -0.447 e. The molecule has 1 heterocycles. The van der Waals surface area contributed by atoms with Gasteiger partial charge in [0.05, 0.1) is 6.04 Å². The van der Waals surface area contributed by atoms with Crippen molar-refractivity contribution >= 4 is 28.7 Å². The van der Waals surface area contributed by atoms with Crippen molar-refractivity contribution in [2.24, 2.45) is 0 Å². The molecule has 2 N–H and O–H groups in total. The van der Waals surface area contributed by atoms with Crippen molar-refractivity contribution < 1.29 is 9.53 Å². The molecule has 0 aromatic carbocycles. The number of amides is 1. The van der Waals surface area contributed by atoms with E-state index < -0.39 is 0 Å². The molecule has 0 saturated carbocycles. The molecule has 11 heavy (non-hydrogen) atoms. The maximum atomic E-state index is 10.5.